The van der Waals surface area contributed by atoms with Crippen LogP contribution in [-0.4, -0.2) is 91.6 Å². The molecule has 0 aromatic heterocycles. The number of ketones is 1. The van der Waals surface area contributed by atoms with Crippen molar-refractivity contribution in [2.75, 3.05) is 46.2 Å². The summed E-state index contributed by atoms with van der Waals surface area (Å²) in [4.78, 5) is 22.0. The Balaban J connectivity index is 3.65. The van der Waals surface area contributed by atoms with Gasteiger partial charge in [0.05, 0.1) is 33.0 Å². The van der Waals surface area contributed by atoms with E-state index >= 15 is 0 Å². The van der Waals surface area contributed by atoms with Crippen molar-refractivity contribution < 1.29 is 43.9 Å². The van der Waals surface area contributed by atoms with Crippen LogP contribution in [0.2, 0.25) is 0 Å². The highest BCUT2D eigenvalue weighted by molar-refractivity contribution is 5.90. The van der Waals surface area contributed by atoms with Crippen molar-refractivity contribution in [2.45, 2.75) is 25.2 Å². The molecule has 9 nitrogen and oxygen atoms in total. The van der Waals surface area contributed by atoms with Crippen LogP contribution in [0, 0.1) is 0 Å². The number of esters is 1. The minimum Gasteiger partial charge on any atom is -0.460 e. The molecule has 0 saturated heterocycles. The Hall–Kier alpha value is -1.62. The van der Waals surface area contributed by atoms with Crippen LogP contribution in [0.15, 0.2) is 24.8 Å². The summed E-state index contributed by atoms with van der Waals surface area (Å²) >= 11 is 0. The van der Waals surface area contributed by atoms with Crippen molar-refractivity contribution in [2.24, 2.45) is 0 Å². The summed E-state index contributed by atoms with van der Waals surface area (Å²) in [7, 11) is 0. The molecular weight excluding hydrogens is 348 g/mol. The van der Waals surface area contributed by atoms with E-state index in [-0.39, 0.29) is 57.6 Å². The van der Waals surface area contributed by atoms with Gasteiger partial charge in [-0.15, -0.1) is 0 Å². The van der Waals surface area contributed by atoms with Gasteiger partial charge in [-0.2, -0.15) is 0 Å². The molecule has 3 N–H and O–H groups in total. The molecule has 26 heavy (non-hydrogen) atoms. The Labute approximate surface area is 152 Å². The summed E-state index contributed by atoms with van der Waals surface area (Å²) in [6.45, 7) is 7.29. The van der Waals surface area contributed by atoms with Gasteiger partial charge in [-0.1, -0.05) is 13.2 Å². The van der Waals surface area contributed by atoms with E-state index in [1.165, 1.54) is 6.92 Å². The lowest BCUT2D eigenvalue weighted by Gasteiger charge is -2.16. The normalized spacial score (nSPS) is 14.3. The van der Waals surface area contributed by atoms with Crippen molar-refractivity contribution in [3.63, 3.8) is 0 Å². The van der Waals surface area contributed by atoms with Gasteiger partial charge in [-0.05, 0) is 13.0 Å². The lowest BCUT2D eigenvalue weighted by atomic mass is 10.3. The summed E-state index contributed by atoms with van der Waals surface area (Å²) in [5.74, 6) is -0.892. The number of carbonyl (C=O) groups is 2. The van der Waals surface area contributed by atoms with Gasteiger partial charge in [0, 0.05) is 5.57 Å². The summed E-state index contributed by atoms with van der Waals surface area (Å²) in [5.41, 5.74) is 0.227. The smallest absolute Gasteiger partial charge is 0.333 e. The number of rotatable bonds is 16. The first-order valence-electron chi connectivity index (χ1n) is 8.01. The molecule has 0 bridgehead atoms. The molecule has 0 spiro atoms. The highest BCUT2D eigenvalue weighted by Crippen LogP contribution is 1.97. The maximum absolute atomic E-state index is 11.1. The summed E-state index contributed by atoms with van der Waals surface area (Å²) in [6.07, 6.45) is -1.80. The molecule has 0 aromatic rings. The lowest BCUT2D eigenvalue weighted by molar-refractivity contribution is -0.143. The summed E-state index contributed by atoms with van der Waals surface area (Å²) in [6, 6.07) is 0. The third-order valence-electron chi connectivity index (χ3n) is 2.78. The van der Waals surface area contributed by atoms with Gasteiger partial charge < -0.3 is 34.3 Å². The van der Waals surface area contributed by atoms with Gasteiger partial charge in [-0.3, -0.25) is 4.79 Å². The maximum Gasteiger partial charge on any atom is 0.333 e. The molecule has 3 unspecified atom stereocenters. The highest BCUT2D eigenvalue weighted by atomic mass is 16.6. The predicted octanol–water partition coefficient (Wildman–Crippen LogP) is -1.01. The van der Waals surface area contributed by atoms with E-state index in [1.54, 1.807) is 0 Å². The Morgan fingerprint density at radius 3 is 1.73 bits per heavy atom. The first-order chi connectivity index (χ1) is 12.3. The van der Waals surface area contributed by atoms with E-state index in [2.05, 4.69) is 13.2 Å². The number of hydrogen-bond acceptors (Lipinski definition) is 9. The number of hydrogen-bond donors (Lipinski definition) is 3. The molecule has 3 atom stereocenters. The van der Waals surface area contributed by atoms with Crippen LogP contribution >= 0.6 is 0 Å². The van der Waals surface area contributed by atoms with E-state index < -0.39 is 24.3 Å². The fourth-order valence-electron chi connectivity index (χ4n) is 1.47. The number of aliphatic hydroxyl groups excluding tert-OH is 3. The first kappa shape index (κ1) is 24.4. The molecule has 0 aliphatic rings. The molecular formula is C17H28O9. The Morgan fingerprint density at radius 1 is 0.885 bits per heavy atom. The van der Waals surface area contributed by atoms with Gasteiger partial charge in [0.25, 0.3) is 0 Å². The van der Waals surface area contributed by atoms with Crippen LogP contribution in [-0.2, 0) is 28.5 Å². The molecule has 0 radical (unpaired) electrons. The Morgan fingerprint density at radius 2 is 1.31 bits per heavy atom. The molecule has 0 aliphatic heterocycles. The van der Waals surface area contributed by atoms with Crippen LogP contribution in [0.5, 0.6) is 0 Å². The summed E-state index contributed by atoms with van der Waals surface area (Å²) < 4.78 is 19.9. The van der Waals surface area contributed by atoms with E-state index in [9.17, 15) is 24.9 Å². The Kier molecular flexibility index (Phi) is 13.6. The minimum absolute atomic E-state index is 0.0821. The Bertz CT molecular complexity index is 450. The number of aliphatic hydroxyl groups is 3. The second-order valence-electron chi connectivity index (χ2n) is 5.60. The van der Waals surface area contributed by atoms with Crippen molar-refractivity contribution >= 4 is 11.8 Å². The van der Waals surface area contributed by atoms with Crippen molar-refractivity contribution in [1.82, 2.24) is 0 Å². The molecule has 0 aromatic carbocycles. The maximum atomic E-state index is 11.1. The highest BCUT2D eigenvalue weighted by Gasteiger charge is 2.12. The standard InChI is InChI=1S/C17H28O9/c1-4-13(18)5-23-6-14(19)7-24-8-15(20)9-25-10-16(21)11-26-17(22)12(2)3/h4,14-16,19-21H,1-2,5-11H2,3H3. The van der Waals surface area contributed by atoms with Crippen LogP contribution in [0.4, 0.5) is 0 Å². The average molecular weight is 376 g/mol. The van der Waals surface area contributed by atoms with Crippen LogP contribution in [0.25, 0.3) is 0 Å². The van der Waals surface area contributed by atoms with Gasteiger partial charge in [0.2, 0.25) is 0 Å². The molecule has 0 fully saturated rings. The van der Waals surface area contributed by atoms with Crippen molar-refractivity contribution in [1.29, 1.82) is 0 Å². The molecule has 0 amide bonds. The van der Waals surface area contributed by atoms with Gasteiger partial charge >= 0.3 is 5.97 Å². The van der Waals surface area contributed by atoms with E-state index in [1.807, 2.05) is 0 Å². The van der Waals surface area contributed by atoms with Gasteiger partial charge in [0.15, 0.2) is 5.78 Å². The molecule has 9 heteroatoms. The zero-order valence-corrected chi connectivity index (χ0v) is 15.0. The van der Waals surface area contributed by atoms with Gasteiger partial charge in [-0.25, -0.2) is 4.79 Å². The van der Waals surface area contributed by atoms with Crippen molar-refractivity contribution in [3.8, 4) is 0 Å². The average Bonchev–Trinajstić information content (AvgIpc) is 2.59. The molecule has 0 rings (SSSR count). The minimum atomic E-state index is -1.02. The quantitative estimate of drug-likeness (QED) is 0.229. The third-order valence-corrected chi connectivity index (χ3v) is 2.78. The fraction of sp³-hybridized carbons (Fsp3) is 0.647. The summed E-state index contributed by atoms with van der Waals surface area (Å²) in [5, 5.41) is 28.8. The third kappa shape index (κ3) is 13.6. The molecule has 150 valence electrons. The lowest BCUT2D eigenvalue weighted by Crippen LogP contribution is -2.30. The monoisotopic (exact) mass is 376 g/mol. The van der Waals surface area contributed by atoms with Crippen molar-refractivity contribution in [3.05, 3.63) is 24.8 Å². The second kappa shape index (κ2) is 14.5. The van der Waals surface area contributed by atoms with E-state index in [0.717, 1.165) is 6.08 Å². The SMILES string of the molecule is C=CC(=O)COCC(O)COCC(O)COCC(O)COC(=O)C(=C)C. The second-order valence-corrected chi connectivity index (χ2v) is 5.60. The van der Waals surface area contributed by atoms with Crippen LogP contribution < -0.4 is 0 Å². The van der Waals surface area contributed by atoms with Crippen LogP contribution in [0.1, 0.15) is 6.92 Å². The molecule has 0 aliphatic carbocycles. The number of carbonyl (C=O) groups excluding carboxylic acids is 2. The zero-order chi connectivity index (χ0) is 19.9. The topological polar surface area (TPSA) is 132 Å². The van der Waals surface area contributed by atoms with Crippen LogP contribution in [0.3, 0.4) is 0 Å². The molecule has 0 saturated carbocycles. The fourth-order valence-corrected chi connectivity index (χ4v) is 1.47. The van der Waals surface area contributed by atoms with E-state index in [0.29, 0.717) is 0 Å². The predicted molar refractivity (Wildman–Crippen MR) is 91.5 cm³/mol. The zero-order valence-electron chi connectivity index (χ0n) is 15.0. The number of ether oxygens (including phenoxy) is 4. The first-order valence-corrected chi connectivity index (χ1v) is 8.01. The van der Waals surface area contributed by atoms with E-state index in [4.69, 9.17) is 18.9 Å². The van der Waals surface area contributed by atoms with Gasteiger partial charge in [0.1, 0.15) is 31.5 Å². The largest absolute Gasteiger partial charge is 0.460 e. The molecule has 0 heterocycles.